The highest BCUT2D eigenvalue weighted by molar-refractivity contribution is 7.90. The van der Waals surface area contributed by atoms with Crippen LogP contribution in [-0.2, 0) is 15.6 Å². The molecule has 0 spiro atoms. The monoisotopic (exact) mass is 486 g/mol. The van der Waals surface area contributed by atoms with Gasteiger partial charge in [0.1, 0.15) is 33.1 Å². The Balaban J connectivity index is 1.57. The molecule has 172 valence electrons. The van der Waals surface area contributed by atoms with Crippen molar-refractivity contribution in [2.45, 2.75) is 37.2 Å². The fourth-order valence-electron chi connectivity index (χ4n) is 3.66. The van der Waals surface area contributed by atoms with Gasteiger partial charge < -0.3 is 15.8 Å². The SMILES string of the molecule is CN1C(N)=N[C@@](C)(c2nc(NC(=O)c3ccc(OC(F)F)cn3)cs2)[C@H](C2CC2)S1(=O)=O. The fraction of sp³-hybridized carbons (Fsp3) is 0.444. The normalized spacial score (nSPS) is 24.8. The Kier molecular flexibility index (Phi) is 5.53. The van der Waals surface area contributed by atoms with E-state index in [0.29, 0.717) is 5.01 Å². The van der Waals surface area contributed by atoms with E-state index in [1.165, 1.54) is 19.2 Å². The van der Waals surface area contributed by atoms with Crippen molar-refractivity contribution in [1.82, 2.24) is 14.3 Å². The summed E-state index contributed by atoms with van der Waals surface area (Å²) < 4.78 is 55.8. The van der Waals surface area contributed by atoms with Gasteiger partial charge in [-0.15, -0.1) is 11.3 Å². The number of aliphatic imine (C=N–C) groups is 1. The van der Waals surface area contributed by atoms with Gasteiger partial charge in [0.2, 0.25) is 16.0 Å². The Morgan fingerprint density at radius 2 is 2.12 bits per heavy atom. The smallest absolute Gasteiger partial charge is 0.387 e. The van der Waals surface area contributed by atoms with Crippen LogP contribution in [0.2, 0.25) is 0 Å². The first-order chi connectivity index (χ1) is 15.0. The molecule has 3 heterocycles. The predicted molar refractivity (Wildman–Crippen MR) is 113 cm³/mol. The van der Waals surface area contributed by atoms with Crippen LogP contribution in [0.15, 0.2) is 28.7 Å². The van der Waals surface area contributed by atoms with Gasteiger partial charge >= 0.3 is 6.61 Å². The molecule has 1 fully saturated rings. The van der Waals surface area contributed by atoms with E-state index >= 15 is 0 Å². The van der Waals surface area contributed by atoms with Gasteiger partial charge in [-0.3, -0.25) is 4.79 Å². The number of carbonyl (C=O) groups excluding carboxylic acids is 1. The summed E-state index contributed by atoms with van der Waals surface area (Å²) in [6, 6.07) is 2.43. The highest BCUT2D eigenvalue weighted by Gasteiger charge is 2.57. The van der Waals surface area contributed by atoms with Crippen LogP contribution < -0.4 is 15.8 Å². The van der Waals surface area contributed by atoms with Crippen molar-refractivity contribution in [3.05, 3.63) is 34.4 Å². The molecule has 0 saturated heterocycles. The van der Waals surface area contributed by atoms with E-state index in [1.54, 1.807) is 12.3 Å². The zero-order valence-corrected chi connectivity index (χ0v) is 18.7. The molecule has 10 nitrogen and oxygen atoms in total. The molecule has 3 N–H and O–H groups in total. The molecule has 0 bridgehead atoms. The van der Waals surface area contributed by atoms with Crippen LogP contribution in [-0.4, -0.2) is 53.5 Å². The van der Waals surface area contributed by atoms with E-state index in [1.807, 2.05) is 0 Å². The van der Waals surface area contributed by atoms with Crippen molar-refractivity contribution in [3.63, 3.8) is 0 Å². The third kappa shape index (κ3) is 3.99. The molecule has 1 aliphatic heterocycles. The quantitative estimate of drug-likeness (QED) is 0.636. The molecule has 2 aliphatic rings. The Morgan fingerprint density at radius 1 is 1.41 bits per heavy atom. The Labute approximate surface area is 186 Å². The lowest BCUT2D eigenvalue weighted by Gasteiger charge is -2.40. The summed E-state index contributed by atoms with van der Waals surface area (Å²) in [5.74, 6) is -0.783. The summed E-state index contributed by atoms with van der Waals surface area (Å²) in [5, 5.41) is 3.71. The number of nitrogens with one attached hydrogen (secondary N) is 1. The van der Waals surface area contributed by atoms with Gasteiger partial charge in [-0.25, -0.2) is 27.7 Å². The molecule has 1 amide bonds. The number of carbonyl (C=O) groups is 1. The van der Waals surface area contributed by atoms with Crippen LogP contribution in [0.3, 0.4) is 0 Å². The number of hydrogen-bond acceptors (Lipinski definition) is 9. The largest absolute Gasteiger partial charge is 0.433 e. The van der Waals surface area contributed by atoms with Crippen molar-refractivity contribution < 1.29 is 26.7 Å². The number of ether oxygens (including phenoxy) is 1. The molecule has 0 radical (unpaired) electrons. The number of nitrogens with two attached hydrogens (primary N) is 1. The number of halogens is 2. The van der Waals surface area contributed by atoms with Gasteiger partial charge in [-0.1, -0.05) is 0 Å². The predicted octanol–water partition coefficient (Wildman–Crippen LogP) is 1.98. The Morgan fingerprint density at radius 3 is 2.72 bits per heavy atom. The summed E-state index contributed by atoms with van der Waals surface area (Å²) >= 11 is 1.16. The van der Waals surface area contributed by atoms with Crippen LogP contribution in [0.4, 0.5) is 14.6 Å². The highest BCUT2D eigenvalue weighted by atomic mass is 32.2. The molecule has 1 aliphatic carbocycles. The first-order valence-electron chi connectivity index (χ1n) is 9.53. The summed E-state index contributed by atoms with van der Waals surface area (Å²) in [4.78, 5) is 25.1. The average molecular weight is 487 g/mol. The number of aromatic nitrogens is 2. The van der Waals surface area contributed by atoms with E-state index < -0.39 is 33.3 Å². The number of amides is 1. The maximum absolute atomic E-state index is 13.1. The second-order valence-corrected chi connectivity index (χ2v) is 10.6. The number of rotatable bonds is 6. The highest BCUT2D eigenvalue weighted by Crippen LogP contribution is 2.50. The van der Waals surface area contributed by atoms with Crippen LogP contribution in [0.25, 0.3) is 0 Å². The standard InChI is InChI=1S/C18H20F2N6O4S2/c1-18(13(9-3-4-9)32(28,29)26(2)17(21)25-18)15-24-12(8-31-15)23-14(27)11-6-5-10(7-22-11)30-16(19)20/h5-9,13,16H,3-4H2,1-2H3,(H2,21,25)(H,23,27)/t13-,18+/m0/s1. The van der Waals surface area contributed by atoms with Gasteiger partial charge in [0.15, 0.2) is 0 Å². The number of nitrogens with zero attached hydrogens (tertiary/aromatic N) is 4. The van der Waals surface area contributed by atoms with Gasteiger partial charge in [-0.05, 0) is 37.8 Å². The van der Waals surface area contributed by atoms with Crippen molar-refractivity contribution in [3.8, 4) is 5.75 Å². The van der Waals surface area contributed by atoms with E-state index in [2.05, 4.69) is 25.0 Å². The molecule has 32 heavy (non-hydrogen) atoms. The molecule has 2 aromatic rings. The first-order valence-corrected chi connectivity index (χ1v) is 11.9. The summed E-state index contributed by atoms with van der Waals surface area (Å²) in [7, 11) is -2.36. The molecule has 14 heteroatoms. The number of guanidine groups is 1. The second-order valence-electron chi connectivity index (χ2n) is 7.64. The number of sulfonamides is 1. The van der Waals surface area contributed by atoms with Crippen molar-refractivity contribution in [2.24, 2.45) is 16.6 Å². The molecule has 0 aromatic carbocycles. The third-order valence-corrected chi connectivity index (χ3v) is 8.85. The minimum atomic E-state index is -3.73. The lowest BCUT2D eigenvalue weighted by molar-refractivity contribution is -0.0500. The molecule has 4 rings (SSSR count). The number of alkyl halides is 2. The van der Waals surface area contributed by atoms with Crippen molar-refractivity contribution >= 4 is 39.0 Å². The van der Waals surface area contributed by atoms with E-state index in [0.717, 1.165) is 34.7 Å². The Hall–Kier alpha value is -2.87. The van der Waals surface area contributed by atoms with E-state index in [9.17, 15) is 22.0 Å². The van der Waals surface area contributed by atoms with Crippen molar-refractivity contribution in [2.75, 3.05) is 12.4 Å². The number of anilines is 1. The molecular formula is C18H20F2N6O4S2. The molecule has 2 atom stereocenters. The lowest BCUT2D eigenvalue weighted by Crippen LogP contribution is -2.57. The van der Waals surface area contributed by atoms with Crippen LogP contribution in [0.1, 0.15) is 35.3 Å². The topological polar surface area (TPSA) is 140 Å². The molecule has 0 unspecified atom stereocenters. The maximum Gasteiger partial charge on any atom is 0.387 e. The minimum Gasteiger partial charge on any atom is -0.433 e. The summed E-state index contributed by atoms with van der Waals surface area (Å²) in [5.41, 5.74) is 4.66. The van der Waals surface area contributed by atoms with Gasteiger partial charge in [0.25, 0.3) is 5.91 Å². The van der Waals surface area contributed by atoms with Gasteiger partial charge in [0, 0.05) is 12.4 Å². The average Bonchev–Trinajstić information content (AvgIpc) is 3.41. The van der Waals surface area contributed by atoms with E-state index in [-0.39, 0.29) is 29.1 Å². The zero-order valence-electron chi connectivity index (χ0n) is 17.0. The van der Waals surface area contributed by atoms with E-state index in [4.69, 9.17) is 5.73 Å². The Bertz CT molecular complexity index is 1170. The molecular weight excluding hydrogens is 466 g/mol. The number of thiazole rings is 1. The van der Waals surface area contributed by atoms with Crippen molar-refractivity contribution in [1.29, 1.82) is 0 Å². The zero-order chi connectivity index (χ0) is 23.3. The van der Waals surface area contributed by atoms with Gasteiger partial charge in [-0.2, -0.15) is 8.78 Å². The van der Waals surface area contributed by atoms with Crippen LogP contribution >= 0.6 is 11.3 Å². The molecule has 2 aromatic heterocycles. The lowest BCUT2D eigenvalue weighted by atomic mass is 9.95. The van der Waals surface area contributed by atoms with Crippen LogP contribution in [0.5, 0.6) is 5.75 Å². The number of pyridine rings is 1. The second kappa shape index (κ2) is 7.92. The van der Waals surface area contributed by atoms with Crippen LogP contribution in [0, 0.1) is 5.92 Å². The summed E-state index contributed by atoms with van der Waals surface area (Å²) in [6.45, 7) is -1.31. The maximum atomic E-state index is 13.1. The number of hydrogen-bond donors (Lipinski definition) is 2. The minimum absolute atomic E-state index is 0.0348. The molecule has 1 saturated carbocycles. The fourth-order valence-corrected chi connectivity index (χ4v) is 6.78. The first kappa shape index (κ1) is 22.3. The summed E-state index contributed by atoms with van der Waals surface area (Å²) in [6.07, 6.45) is 2.55. The third-order valence-electron chi connectivity index (χ3n) is 5.35. The van der Waals surface area contributed by atoms with Gasteiger partial charge in [0.05, 0.1) is 6.20 Å².